The molecule has 0 aromatic heterocycles. The van der Waals surface area contributed by atoms with E-state index in [1.165, 1.54) is 12.8 Å². The van der Waals surface area contributed by atoms with Crippen LogP contribution in [0.3, 0.4) is 0 Å². The highest BCUT2D eigenvalue weighted by atomic mass is 35.5. The Balaban J connectivity index is 3.86. The van der Waals surface area contributed by atoms with Crippen molar-refractivity contribution >= 4 is 23.1 Å². The Kier molecular flexibility index (Phi) is 5.97. The summed E-state index contributed by atoms with van der Waals surface area (Å²) in [6.07, 6.45) is 3.92. The molecule has 13 heavy (non-hydrogen) atoms. The van der Waals surface area contributed by atoms with E-state index in [4.69, 9.17) is 11.6 Å². The molecule has 0 atom stereocenters. The summed E-state index contributed by atoms with van der Waals surface area (Å²) in [5.41, 5.74) is 0.279. The van der Waals surface area contributed by atoms with E-state index in [0.717, 1.165) is 6.54 Å². The van der Waals surface area contributed by atoms with Gasteiger partial charge in [-0.2, -0.15) is 0 Å². The first-order chi connectivity index (χ1) is 5.98. The minimum absolute atomic E-state index is 0.279. The highest BCUT2D eigenvalue weighted by molar-refractivity contribution is 6.65. The van der Waals surface area contributed by atoms with Gasteiger partial charge in [-0.1, -0.05) is 38.8 Å². The molecule has 3 heteroatoms. The maximum Gasteiger partial charge on any atom is 0.111 e. The second-order valence-corrected chi connectivity index (χ2v) is 4.54. The van der Waals surface area contributed by atoms with Crippen LogP contribution in [0.2, 0.25) is 0 Å². The Morgan fingerprint density at radius 1 is 1.46 bits per heavy atom. The van der Waals surface area contributed by atoms with Gasteiger partial charge < -0.3 is 0 Å². The predicted molar refractivity (Wildman–Crippen MR) is 61.0 cm³/mol. The number of hydrogen-bond acceptors (Lipinski definition) is 1. The molecule has 0 spiro atoms. The highest BCUT2D eigenvalue weighted by Crippen LogP contribution is 2.21. The average molecular weight is 203 g/mol. The van der Waals surface area contributed by atoms with Crippen molar-refractivity contribution in [2.45, 2.75) is 40.5 Å². The van der Waals surface area contributed by atoms with Crippen molar-refractivity contribution in [1.82, 2.24) is 0 Å². The Labute approximate surface area is 86.1 Å². The Bertz CT molecular complexity index is 191. The molecule has 0 saturated heterocycles. The second-order valence-electron chi connectivity index (χ2n) is 4.00. The van der Waals surface area contributed by atoms with Gasteiger partial charge in [0.1, 0.15) is 11.5 Å². The van der Waals surface area contributed by atoms with Crippen LogP contribution in [0.4, 0.5) is 0 Å². The van der Waals surface area contributed by atoms with Crippen molar-refractivity contribution in [3.63, 3.8) is 0 Å². The number of hydrogen-bond donors (Lipinski definition) is 0. The lowest BCUT2D eigenvalue weighted by Gasteiger charge is -2.20. The molecule has 0 N–H and O–H groups in total. The van der Waals surface area contributed by atoms with Gasteiger partial charge in [0.15, 0.2) is 0 Å². The number of nitrogens with zero attached hydrogens (tertiary/aromatic N) is 2. The summed E-state index contributed by atoms with van der Waals surface area (Å²) in [6.45, 7) is 9.17. The molecule has 0 aromatic rings. The topological polar surface area (TPSA) is 24.7 Å². The van der Waals surface area contributed by atoms with Crippen molar-refractivity contribution < 1.29 is 0 Å². The lowest BCUT2D eigenvalue weighted by Crippen LogP contribution is -2.14. The van der Waals surface area contributed by atoms with E-state index >= 15 is 0 Å². The van der Waals surface area contributed by atoms with Gasteiger partial charge in [0, 0.05) is 6.54 Å². The molecule has 0 heterocycles. The summed E-state index contributed by atoms with van der Waals surface area (Å²) in [5.74, 6) is 0. The third-order valence-corrected chi connectivity index (χ3v) is 1.86. The Morgan fingerprint density at radius 3 is 2.54 bits per heavy atom. The molecule has 0 unspecified atom stereocenters. The SMILES string of the molecule is CCCC(C)(C)C/N=C\N=C(/C)Cl. The molecule has 0 aliphatic heterocycles. The molecule has 0 saturated carbocycles. The number of aliphatic imine (C=N–C) groups is 2. The van der Waals surface area contributed by atoms with Crippen LogP contribution in [0.1, 0.15) is 40.5 Å². The lowest BCUT2D eigenvalue weighted by atomic mass is 9.88. The molecule has 0 aromatic carbocycles. The van der Waals surface area contributed by atoms with Gasteiger partial charge in [0.25, 0.3) is 0 Å². The van der Waals surface area contributed by atoms with Crippen molar-refractivity contribution in [3.05, 3.63) is 0 Å². The van der Waals surface area contributed by atoms with Crippen LogP contribution in [0, 0.1) is 5.41 Å². The van der Waals surface area contributed by atoms with Crippen LogP contribution in [-0.4, -0.2) is 18.1 Å². The smallest absolute Gasteiger partial charge is 0.111 e. The van der Waals surface area contributed by atoms with Gasteiger partial charge >= 0.3 is 0 Å². The Morgan fingerprint density at radius 2 is 2.08 bits per heavy atom. The fraction of sp³-hybridized carbons (Fsp3) is 0.800. The maximum atomic E-state index is 5.55. The molecular weight excluding hydrogens is 184 g/mol. The molecule has 0 fully saturated rings. The highest BCUT2D eigenvalue weighted by Gasteiger charge is 2.14. The zero-order valence-electron chi connectivity index (χ0n) is 8.97. The summed E-state index contributed by atoms with van der Waals surface area (Å²) < 4.78 is 0. The van der Waals surface area contributed by atoms with Crippen LogP contribution >= 0.6 is 11.6 Å². The van der Waals surface area contributed by atoms with Crippen molar-refractivity contribution in [1.29, 1.82) is 0 Å². The van der Waals surface area contributed by atoms with Crippen molar-refractivity contribution in [3.8, 4) is 0 Å². The zero-order chi connectivity index (χ0) is 10.3. The molecule has 0 rings (SSSR count). The molecule has 0 aliphatic rings. The maximum absolute atomic E-state index is 5.55. The van der Waals surface area contributed by atoms with Crippen LogP contribution in [0.5, 0.6) is 0 Å². The van der Waals surface area contributed by atoms with E-state index in [-0.39, 0.29) is 5.41 Å². The summed E-state index contributed by atoms with van der Waals surface area (Å²) in [7, 11) is 0. The largest absolute Gasteiger partial charge is 0.273 e. The number of rotatable bonds is 5. The normalized spacial score (nSPS) is 14.1. The van der Waals surface area contributed by atoms with E-state index in [2.05, 4.69) is 30.8 Å². The van der Waals surface area contributed by atoms with E-state index in [1.54, 1.807) is 13.3 Å². The summed E-state index contributed by atoms with van der Waals surface area (Å²) >= 11 is 5.55. The van der Waals surface area contributed by atoms with E-state index < -0.39 is 0 Å². The van der Waals surface area contributed by atoms with Gasteiger partial charge in [0.2, 0.25) is 0 Å². The molecule has 76 valence electrons. The fourth-order valence-corrected chi connectivity index (χ4v) is 1.21. The van der Waals surface area contributed by atoms with Crippen LogP contribution in [0.15, 0.2) is 9.98 Å². The van der Waals surface area contributed by atoms with Gasteiger partial charge in [-0.3, -0.25) is 4.99 Å². The predicted octanol–water partition coefficient (Wildman–Crippen LogP) is 3.50. The quantitative estimate of drug-likeness (QED) is 0.482. The van der Waals surface area contributed by atoms with Crippen molar-refractivity contribution in [2.24, 2.45) is 15.4 Å². The van der Waals surface area contributed by atoms with Crippen molar-refractivity contribution in [2.75, 3.05) is 6.54 Å². The standard InChI is InChI=1S/C10H19ClN2/c1-5-6-10(3,4)7-12-8-13-9(2)11/h8H,5-7H2,1-4H3/b12-8-,13-9+. The third kappa shape index (κ3) is 7.97. The van der Waals surface area contributed by atoms with Gasteiger partial charge in [-0.15, -0.1) is 0 Å². The first kappa shape index (κ1) is 12.6. The molecule has 0 amide bonds. The molecule has 0 aliphatic carbocycles. The minimum Gasteiger partial charge on any atom is -0.273 e. The fourth-order valence-electron chi connectivity index (χ4n) is 1.16. The monoisotopic (exact) mass is 202 g/mol. The van der Waals surface area contributed by atoms with E-state index in [0.29, 0.717) is 5.17 Å². The first-order valence-electron chi connectivity index (χ1n) is 4.66. The lowest BCUT2D eigenvalue weighted by molar-refractivity contribution is 0.345. The summed E-state index contributed by atoms with van der Waals surface area (Å²) in [4.78, 5) is 8.08. The molecular formula is C10H19ClN2. The van der Waals surface area contributed by atoms with Crippen LogP contribution in [-0.2, 0) is 0 Å². The summed E-state index contributed by atoms with van der Waals surface area (Å²) in [5, 5.41) is 0.525. The van der Waals surface area contributed by atoms with Gasteiger partial charge in [-0.05, 0) is 18.8 Å². The second kappa shape index (κ2) is 6.14. The zero-order valence-corrected chi connectivity index (χ0v) is 9.73. The minimum atomic E-state index is 0.279. The summed E-state index contributed by atoms with van der Waals surface area (Å²) in [6, 6.07) is 0. The van der Waals surface area contributed by atoms with E-state index in [1.807, 2.05) is 0 Å². The van der Waals surface area contributed by atoms with Gasteiger partial charge in [-0.25, -0.2) is 4.99 Å². The first-order valence-corrected chi connectivity index (χ1v) is 5.04. The molecule has 0 bridgehead atoms. The molecule has 2 nitrogen and oxygen atoms in total. The average Bonchev–Trinajstić information content (AvgIpc) is 1.98. The van der Waals surface area contributed by atoms with E-state index in [9.17, 15) is 0 Å². The third-order valence-electron chi connectivity index (χ3n) is 1.76. The molecule has 0 radical (unpaired) electrons. The number of halogens is 1. The Hall–Kier alpha value is -0.370. The van der Waals surface area contributed by atoms with Crippen LogP contribution < -0.4 is 0 Å². The van der Waals surface area contributed by atoms with Crippen LogP contribution in [0.25, 0.3) is 0 Å². The van der Waals surface area contributed by atoms with Gasteiger partial charge in [0.05, 0.1) is 0 Å².